The van der Waals surface area contributed by atoms with Crippen molar-refractivity contribution in [3.63, 3.8) is 0 Å². The van der Waals surface area contributed by atoms with Gasteiger partial charge in [0.15, 0.2) is 0 Å². The summed E-state index contributed by atoms with van der Waals surface area (Å²) >= 11 is 2.91. The van der Waals surface area contributed by atoms with Crippen molar-refractivity contribution in [3.05, 3.63) is 28.2 Å². The van der Waals surface area contributed by atoms with Crippen molar-refractivity contribution in [3.8, 4) is 0 Å². The van der Waals surface area contributed by atoms with Crippen LogP contribution in [0.3, 0.4) is 0 Å². The minimum absolute atomic E-state index is 0.0464. The highest BCUT2D eigenvalue weighted by molar-refractivity contribution is 9.10. The smallest absolute Gasteiger partial charge is 0.385 e. The molecule has 0 radical (unpaired) electrons. The van der Waals surface area contributed by atoms with E-state index in [1.807, 2.05) is 6.92 Å². The van der Waals surface area contributed by atoms with Gasteiger partial charge in [0.05, 0.1) is 5.56 Å². The van der Waals surface area contributed by atoms with Gasteiger partial charge < -0.3 is 10.1 Å². The molecule has 0 amide bonds. The van der Waals surface area contributed by atoms with E-state index in [9.17, 15) is 13.2 Å². The number of alkyl halides is 3. The summed E-state index contributed by atoms with van der Waals surface area (Å²) in [4.78, 5) is 0. The number of halogens is 4. The molecule has 102 valence electrons. The molecule has 18 heavy (non-hydrogen) atoms. The van der Waals surface area contributed by atoms with E-state index >= 15 is 0 Å². The lowest BCUT2D eigenvalue weighted by Crippen LogP contribution is -2.17. The minimum atomic E-state index is -4.35. The Kier molecular flexibility index (Phi) is 5.47. The van der Waals surface area contributed by atoms with Gasteiger partial charge in [-0.05, 0) is 31.5 Å². The SMILES string of the molecule is COCCC(C)Nc1ccc(Br)c(C(F)(F)F)c1. The third-order valence-electron chi connectivity index (χ3n) is 2.44. The maximum atomic E-state index is 12.7. The first-order chi connectivity index (χ1) is 8.34. The number of methoxy groups -OCH3 is 1. The Morgan fingerprint density at radius 1 is 1.39 bits per heavy atom. The molecule has 1 N–H and O–H groups in total. The fraction of sp³-hybridized carbons (Fsp3) is 0.500. The molecule has 6 heteroatoms. The molecular weight excluding hydrogens is 311 g/mol. The number of nitrogens with one attached hydrogen (secondary N) is 1. The zero-order valence-electron chi connectivity index (χ0n) is 10.1. The van der Waals surface area contributed by atoms with Gasteiger partial charge in [-0.3, -0.25) is 0 Å². The summed E-state index contributed by atoms with van der Waals surface area (Å²) in [6, 6.07) is 4.16. The Hall–Kier alpha value is -0.750. The standard InChI is InChI=1S/C12H15BrF3NO/c1-8(5-6-18-2)17-9-3-4-11(13)10(7-9)12(14,15)16/h3-4,7-8,17H,5-6H2,1-2H3. The van der Waals surface area contributed by atoms with Gasteiger partial charge in [0.25, 0.3) is 0 Å². The average molecular weight is 326 g/mol. The van der Waals surface area contributed by atoms with E-state index in [1.54, 1.807) is 13.2 Å². The Labute approximate surface area is 113 Å². The van der Waals surface area contributed by atoms with Crippen LogP contribution in [0.15, 0.2) is 22.7 Å². The van der Waals surface area contributed by atoms with E-state index in [0.29, 0.717) is 12.3 Å². The van der Waals surface area contributed by atoms with Gasteiger partial charge in [-0.1, -0.05) is 15.9 Å². The largest absolute Gasteiger partial charge is 0.417 e. The van der Waals surface area contributed by atoms with Crippen LogP contribution < -0.4 is 5.32 Å². The van der Waals surface area contributed by atoms with Gasteiger partial charge in [0, 0.05) is 29.9 Å². The summed E-state index contributed by atoms with van der Waals surface area (Å²) in [7, 11) is 1.59. The molecule has 0 aromatic heterocycles. The van der Waals surface area contributed by atoms with Gasteiger partial charge in [-0.2, -0.15) is 13.2 Å². The van der Waals surface area contributed by atoms with E-state index in [4.69, 9.17) is 4.74 Å². The summed E-state index contributed by atoms with van der Waals surface area (Å²) in [6.07, 6.45) is -3.62. The Bertz CT molecular complexity index is 395. The summed E-state index contributed by atoms with van der Waals surface area (Å²) in [5.74, 6) is 0. The molecule has 0 aliphatic heterocycles. The number of hydrogen-bond acceptors (Lipinski definition) is 2. The quantitative estimate of drug-likeness (QED) is 0.871. The van der Waals surface area contributed by atoms with E-state index < -0.39 is 11.7 Å². The van der Waals surface area contributed by atoms with Gasteiger partial charge in [0.2, 0.25) is 0 Å². The van der Waals surface area contributed by atoms with Crippen LogP contribution in [0, 0.1) is 0 Å². The lowest BCUT2D eigenvalue weighted by molar-refractivity contribution is -0.138. The second-order valence-electron chi connectivity index (χ2n) is 4.02. The van der Waals surface area contributed by atoms with E-state index in [-0.39, 0.29) is 10.5 Å². The van der Waals surface area contributed by atoms with Gasteiger partial charge in [0.1, 0.15) is 0 Å². The van der Waals surface area contributed by atoms with Crippen LogP contribution in [0.25, 0.3) is 0 Å². The first-order valence-corrected chi connectivity index (χ1v) is 6.26. The third kappa shape index (κ3) is 4.49. The van der Waals surface area contributed by atoms with Crippen molar-refractivity contribution in [2.45, 2.75) is 25.6 Å². The molecule has 1 unspecified atom stereocenters. The second-order valence-corrected chi connectivity index (χ2v) is 4.87. The zero-order chi connectivity index (χ0) is 13.8. The number of ether oxygens (including phenoxy) is 1. The Morgan fingerprint density at radius 3 is 2.61 bits per heavy atom. The molecule has 0 aliphatic rings. The summed E-state index contributed by atoms with van der Waals surface area (Å²) in [5, 5.41) is 3.02. The van der Waals surface area contributed by atoms with Crippen LogP contribution in [0.5, 0.6) is 0 Å². The van der Waals surface area contributed by atoms with Crippen LogP contribution >= 0.6 is 15.9 Å². The van der Waals surface area contributed by atoms with Crippen LogP contribution in [-0.2, 0) is 10.9 Å². The molecule has 0 spiro atoms. The number of hydrogen-bond donors (Lipinski definition) is 1. The first kappa shape index (κ1) is 15.3. The van der Waals surface area contributed by atoms with Crippen LogP contribution in [-0.4, -0.2) is 19.8 Å². The highest BCUT2D eigenvalue weighted by atomic mass is 79.9. The number of rotatable bonds is 5. The average Bonchev–Trinajstić information content (AvgIpc) is 2.27. The normalized spacial score (nSPS) is 13.4. The first-order valence-electron chi connectivity index (χ1n) is 5.47. The highest BCUT2D eigenvalue weighted by Gasteiger charge is 2.33. The van der Waals surface area contributed by atoms with Crippen molar-refractivity contribution >= 4 is 21.6 Å². The summed E-state index contributed by atoms with van der Waals surface area (Å²) in [5.41, 5.74) is -0.222. The van der Waals surface area contributed by atoms with Gasteiger partial charge >= 0.3 is 6.18 Å². The molecule has 0 bridgehead atoms. The molecule has 0 fully saturated rings. The molecule has 0 saturated carbocycles. The second kappa shape index (κ2) is 6.43. The lowest BCUT2D eigenvalue weighted by atomic mass is 10.1. The zero-order valence-corrected chi connectivity index (χ0v) is 11.7. The molecule has 0 aliphatic carbocycles. The summed E-state index contributed by atoms with van der Waals surface area (Å²) < 4.78 is 43.0. The maximum absolute atomic E-state index is 12.7. The number of benzene rings is 1. The maximum Gasteiger partial charge on any atom is 0.417 e. The van der Waals surface area contributed by atoms with E-state index in [2.05, 4.69) is 21.2 Å². The van der Waals surface area contributed by atoms with Gasteiger partial charge in [-0.15, -0.1) is 0 Å². The molecule has 2 nitrogen and oxygen atoms in total. The fourth-order valence-corrected chi connectivity index (χ4v) is 1.96. The molecule has 1 aromatic carbocycles. The van der Waals surface area contributed by atoms with Crippen molar-refractivity contribution in [1.82, 2.24) is 0 Å². The highest BCUT2D eigenvalue weighted by Crippen LogP contribution is 2.36. The molecule has 1 atom stereocenters. The van der Waals surface area contributed by atoms with E-state index in [0.717, 1.165) is 12.5 Å². The van der Waals surface area contributed by atoms with Crippen molar-refractivity contribution in [2.24, 2.45) is 0 Å². The Balaban J connectivity index is 2.79. The predicted molar refractivity (Wildman–Crippen MR) is 68.7 cm³/mol. The van der Waals surface area contributed by atoms with Crippen LogP contribution in [0.1, 0.15) is 18.9 Å². The lowest BCUT2D eigenvalue weighted by Gasteiger charge is -2.17. The van der Waals surface area contributed by atoms with Crippen molar-refractivity contribution < 1.29 is 17.9 Å². The van der Waals surface area contributed by atoms with Crippen LogP contribution in [0.4, 0.5) is 18.9 Å². The van der Waals surface area contributed by atoms with Crippen molar-refractivity contribution in [1.29, 1.82) is 0 Å². The van der Waals surface area contributed by atoms with Crippen LogP contribution in [0.2, 0.25) is 0 Å². The monoisotopic (exact) mass is 325 g/mol. The fourth-order valence-electron chi connectivity index (χ4n) is 1.48. The topological polar surface area (TPSA) is 21.3 Å². The molecule has 0 heterocycles. The number of anilines is 1. The minimum Gasteiger partial charge on any atom is -0.385 e. The third-order valence-corrected chi connectivity index (χ3v) is 3.13. The van der Waals surface area contributed by atoms with E-state index in [1.165, 1.54) is 6.07 Å². The summed E-state index contributed by atoms with van der Waals surface area (Å²) in [6.45, 7) is 2.46. The molecule has 1 aromatic rings. The predicted octanol–water partition coefficient (Wildman–Crippen LogP) is 4.30. The Morgan fingerprint density at radius 2 is 2.06 bits per heavy atom. The molecule has 1 rings (SSSR count). The molecule has 0 saturated heterocycles. The van der Waals surface area contributed by atoms with Gasteiger partial charge in [-0.25, -0.2) is 0 Å². The molecular formula is C12H15BrF3NO. The van der Waals surface area contributed by atoms with Crippen molar-refractivity contribution in [2.75, 3.05) is 19.0 Å².